The Hall–Kier alpha value is -3.82. The van der Waals surface area contributed by atoms with Crippen molar-refractivity contribution in [1.82, 2.24) is 0 Å². The number of amides is 1. The van der Waals surface area contributed by atoms with Crippen LogP contribution in [0.5, 0.6) is 5.75 Å². The van der Waals surface area contributed by atoms with E-state index in [1.807, 2.05) is 6.07 Å². The van der Waals surface area contributed by atoms with Gasteiger partial charge in [0.05, 0.1) is 5.69 Å². The minimum atomic E-state index is -4.42. The number of nitrogens with zero attached hydrogens (tertiary/aromatic N) is 2. The van der Waals surface area contributed by atoms with Crippen molar-refractivity contribution in [2.45, 2.75) is 25.7 Å². The van der Waals surface area contributed by atoms with E-state index in [1.54, 1.807) is 50.2 Å². The summed E-state index contributed by atoms with van der Waals surface area (Å²) in [7, 11) is -4.42. The summed E-state index contributed by atoms with van der Waals surface area (Å²) in [5.74, 6) is -0.249. The Morgan fingerprint density at radius 2 is 1.67 bits per heavy atom. The lowest BCUT2D eigenvalue weighted by Gasteiger charge is -2.10. The third-order valence-corrected chi connectivity index (χ3v) is 6.08. The second-order valence-electron chi connectivity index (χ2n) is 7.85. The third kappa shape index (κ3) is 4.55. The highest BCUT2D eigenvalue weighted by atomic mass is 32.2. The van der Waals surface area contributed by atoms with Gasteiger partial charge in [-0.05, 0) is 78.2 Å². The Morgan fingerprint density at radius 1 is 0.909 bits per heavy atom. The molecule has 0 saturated carbocycles. The molecule has 0 fully saturated rings. The smallest absolute Gasteiger partial charge is 0.295 e. The molecule has 0 atom stereocenters. The number of nitrogens with one attached hydrogen (secondary N) is 1. The number of hydrogen-bond donors (Lipinski definition) is 3. The van der Waals surface area contributed by atoms with Gasteiger partial charge in [0.15, 0.2) is 5.75 Å². The normalized spacial score (nSPS) is 12.0. The zero-order chi connectivity index (χ0) is 23.9. The molecule has 1 amide bonds. The van der Waals surface area contributed by atoms with Crippen LogP contribution in [-0.2, 0) is 14.9 Å². The summed E-state index contributed by atoms with van der Waals surface area (Å²) >= 11 is 0. The molecule has 0 aromatic heterocycles. The molecule has 0 heterocycles. The molecule has 0 bridgehead atoms. The number of rotatable bonds is 4. The SMILES string of the molecule is CC(=O)Nc1ccc2c(O)c(N=Nc3ccc4cc(C)cc(S(=O)(=O)O)c4c3)c(C)cc2c1. The van der Waals surface area contributed by atoms with Crippen molar-refractivity contribution in [3.05, 3.63) is 65.7 Å². The van der Waals surface area contributed by atoms with E-state index in [4.69, 9.17) is 0 Å². The molecule has 3 N–H and O–H groups in total. The molecule has 0 unspecified atom stereocenters. The molecule has 4 rings (SSSR count). The molecule has 4 aromatic rings. The molecule has 168 valence electrons. The molecule has 0 spiro atoms. The molecule has 0 saturated heterocycles. The van der Waals surface area contributed by atoms with E-state index in [1.165, 1.54) is 19.1 Å². The van der Waals surface area contributed by atoms with Gasteiger partial charge in [-0.2, -0.15) is 13.5 Å². The lowest BCUT2D eigenvalue weighted by molar-refractivity contribution is -0.114. The van der Waals surface area contributed by atoms with Crippen LogP contribution in [0.1, 0.15) is 18.1 Å². The van der Waals surface area contributed by atoms with E-state index in [-0.39, 0.29) is 22.2 Å². The highest BCUT2D eigenvalue weighted by molar-refractivity contribution is 7.86. The molecule has 33 heavy (non-hydrogen) atoms. The summed E-state index contributed by atoms with van der Waals surface area (Å²) in [5, 5.41) is 24.1. The minimum Gasteiger partial charge on any atom is -0.505 e. The molecule has 0 aliphatic heterocycles. The van der Waals surface area contributed by atoms with Crippen molar-refractivity contribution >= 4 is 54.6 Å². The van der Waals surface area contributed by atoms with Crippen molar-refractivity contribution in [2.24, 2.45) is 10.2 Å². The van der Waals surface area contributed by atoms with Gasteiger partial charge in [0.1, 0.15) is 10.6 Å². The van der Waals surface area contributed by atoms with E-state index < -0.39 is 10.1 Å². The quantitative estimate of drug-likeness (QED) is 0.255. The summed E-state index contributed by atoms with van der Waals surface area (Å²) in [5.41, 5.74) is 2.61. The van der Waals surface area contributed by atoms with Crippen LogP contribution >= 0.6 is 0 Å². The maximum Gasteiger partial charge on any atom is 0.295 e. The van der Waals surface area contributed by atoms with Gasteiger partial charge in [-0.15, -0.1) is 5.11 Å². The van der Waals surface area contributed by atoms with Crippen molar-refractivity contribution in [2.75, 3.05) is 5.32 Å². The maximum absolute atomic E-state index is 11.8. The zero-order valence-corrected chi connectivity index (χ0v) is 18.9. The number of aromatic hydroxyl groups is 1. The van der Waals surface area contributed by atoms with Gasteiger partial charge in [-0.25, -0.2) is 0 Å². The number of anilines is 1. The summed E-state index contributed by atoms with van der Waals surface area (Å²) in [6.45, 7) is 4.94. The fraction of sp³-hybridized carbons (Fsp3) is 0.125. The van der Waals surface area contributed by atoms with E-state index in [2.05, 4.69) is 15.5 Å². The Labute approximate surface area is 190 Å². The fourth-order valence-electron chi connectivity index (χ4n) is 3.76. The average molecular weight is 464 g/mol. The monoisotopic (exact) mass is 463 g/mol. The van der Waals surface area contributed by atoms with E-state index >= 15 is 0 Å². The van der Waals surface area contributed by atoms with Crippen LogP contribution in [0.25, 0.3) is 21.5 Å². The fourth-order valence-corrected chi connectivity index (χ4v) is 4.55. The van der Waals surface area contributed by atoms with Gasteiger partial charge in [0.2, 0.25) is 5.91 Å². The standard InChI is InChI=1S/C24H21N3O5S/c1-13-8-16-4-5-19(12-21(16)22(9-13)33(30,31)32)26-27-23-14(2)10-17-11-18(25-15(3)28)6-7-20(17)24(23)29/h4-12,29H,1-3H3,(H,25,28)(H,30,31,32). The molecule has 0 radical (unpaired) electrons. The minimum absolute atomic E-state index is 0.0573. The van der Waals surface area contributed by atoms with Crippen LogP contribution in [0.4, 0.5) is 17.1 Å². The summed E-state index contributed by atoms with van der Waals surface area (Å²) < 4.78 is 33.3. The van der Waals surface area contributed by atoms with Crippen LogP contribution in [0, 0.1) is 13.8 Å². The van der Waals surface area contributed by atoms with Gasteiger partial charge < -0.3 is 10.4 Å². The Morgan fingerprint density at radius 3 is 2.36 bits per heavy atom. The van der Waals surface area contributed by atoms with Gasteiger partial charge in [-0.3, -0.25) is 9.35 Å². The Balaban J connectivity index is 1.78. The first-order valence-corrected chi connectivity index (χ1v) is 11.4. The van der Waals surface area contributed by atoms with Crippen molar-refractivity contribution < 1.29 is 22.9 Å². The average Bonchev–Trinajstić information content (AvgIpc) is 2.71. The summed E-state index contributed by atoms with van der Waals surface area (Å²) in [6.07, 6.45) is 0. The summed E-state index contributed by atoms with van der Waals surface area (Å²) in [4.78, 5) is 11.1. The molecular formula is C24H21N3O5S. The Bertz CT molecular complexity index is 1580. The first-order chi connectivity index (χ1) is 15.5. The van der Waals surface area contributed by atoms with Crippen LogP contribution in [-0.4, -0.2) is 24.0 Å². The van der Waals surface area contributed by atoms with Crippen LogP contribution < -0.4 is 5.32 Å². The van der Waals surface area contributed by atoms with Gasteiger partial charge in [0.25, 0.3) is 10.1 Å². The van der Waals surface area contributed by atoms with Gasteiger partial charge in [-0.1, -0.05) is 12.1 Å². The molecule has 8 nitrogen and oxygen atoms in total. The van der Waals surface area contributed by atoms with E-state index in [0.29, 0.717) is 38.7 Å². The van der Waals surface area contributed by atoms with Crippen molar-refractivity contribution in [1.29, 1.82) is 0 Å². The number of carbonyl (C=O) groups is 1. The topological polar surface area (TPSA) is 128 Å². The highest BCUT2D eigenvalue weighted by Gasteiger charge is 2.16. The number of phenols is 1. The molecule has 0 aliphatic rings. The predicted octanol–water partition coefficient (Wildman–Crippen LogP) is 5.94. The number of hydrogen-bond acceptors (Lipinski definition) is 6. The van der Waals surface area contributed by atoms with Crippen LogP contribution in [0.3, 0.4) is 0 Å². The number of azo groups is 1. The summed E-state index contributed by atoms with van der Waals surface area (Å²) in [6, 6.07) is 15.0. The highest BCUT2D eigenvalue weighted by Crippen LogP contribution is 2.40. The molecule has 4 aromatic carbocycles. The maximum atomic E-state index is 11.8. The number of aryl methyl sites for hydroxylation is 2. The van der Waals surface area contributed by atoms with Crippen LogP contribution in [0.15, 0.2) is 69.7 Å². The Kier molecular flexibility index (Phi) is 5.61. The predicted molar refractivity (Wildman–Crippen MR) is 127 cm³/mol. The largest absolute Gasteiger partial charge is 0.505 e. The molecular weight excluding hydrogens is 442 g/mol. The third-order valence-electron chi connectivity index (χ3n) is 5.18. The first-order valence-electron chi connectivity index (χ1n) is 10.0. The molecule has 0 aliphatic carbocycles. The second-order valence-corrected chi connectivity index (χ2v) is 9.24. The second kappa shape index (κ2) is 8.27. The first kappa shape index (κ1) is 22.4. The number of carbonyl (C=O) groups excluding carboxylic acids is 1. The lowest BCUT2D eigenvalue weighted by atomic mass is 10.0. The van der Waals surface area contributed by atoms with Crippen molar-refractivity contribution in [3.63, 3.8) is 0 Å². The van der Waals surface area contributed by atoms with Gasteiger partial charge >= 0.3 is 0 Å². The van der Waals surface area contributed by atoms with Crippen LogP contribution in [0.2, 0.25) is 0 Å². The zero-order valence-electron chi connectivity index (χ0n) is 18.1. The number of benzene rings is 4. The van der Waals surface area contributed by atoms with E-state index in [0.717, 1.165) is 5.39 Å². The van der Waals surface area contributed by atoms with E-state index in [9.17, 15) is 22.9 Å². The van der Waals surface area contributed by atoms with Gasteiger partial charge in [0, 0.05) is 23.4 Å². The number of fused-ring (bicyclic) bond motifs is 2. The molecule has 9 heteroatoms. The van der Waals surface area contributed by atoms with Crippen molar-refractivity contribution in [3.8, 4) is 5.75 Å². The number of phenolic OH excluding ortho intramolecular Hbond substituents is 1. The lowest BCUT2D eigenvalue weighted by Crippen LogP contribution is -2.05.